The summed E-state index contributed by atoms with van der Waals surface area (Å²) < 4.78 is 0. The van der Waals surface area contributed by atoms with Crippen LogP contribution in [0.5, 0.6) is 0 Å². The summed E-state index contributed by atoms with van der Waals surface area (Å²) in [5.74, 6) is 0. The molecule has 0 heterocycles. The molecule has 0 saturated carbocycles. The summed E-state index contributed by atoms with van der Waals surface area (Å²) in [7, 11) is 0. The van der Waals surface area contributed by atoms with Crippen molar-refractivity contribution >= 4 is 23.1 Å². The van der Waals surface area contributed by atoms with Crippen LogP contribution in [0.15, 0.2) is 18.2 Å². The van der Waals surface area contributed by atoms with Crippen molar-refractivity contribution < 1.29 is 4.92 Å². The molecule has 0 aliphatic heterocycles. The van der Waals surface area contributed by atoms with E-state index < -0.39 is 4.92 Å². The number of hydrogen-bond acceptors (Lipinski definition) is 5. The Kier molecular flexibility index (Phi) is 5.46. The first-order valence-corrected chi connectivity index (χ1v) is 6.83. The van der Waals surface area contributed by atoms with E-state index >= 15 is 0 Å². The van der Waals surface area contributed by atoms with E-state index in [9.17, 15) is 10.1 Å². The van der Waals surface area contributed by atoms with Crippen LogP contribution in [0.1, 0.15) is 18.9 Å². The van der Waals surface area contributed by atoms with E-state index in [1.165, 1.54) is 6.07 Å². The van der Waals surface area contributed by atoms with Gasteiger partial charge in [0.25, 0.3) is 0 Å². The summed E-state index contributed by atoms with van der Waals surface area (Å²) >= 11 is 1.75. The number of anilines is 1. The Morgan fingerprint density at radius 2 is 2.33 bits per heavy atom. The predicted octanol–water partition coefficient (Wildman–Crippen LogP) is 3.02. The lowest BCUT2D eigenvalue weighted by Crippen LogP contribution is -2.09. The van der Waals surface area contributed by atoms with Crippen LogP contribution >= 0.6 is 11.8 Å². The van der Waals surface area contributed by atoms with E-state index in [2.05, 4.69) is 12.2 Å². The van der Waals surface area contributed by atoms with Gasteiger partial charge >= 0.3 is 5.69 Å². The van der Waals surface area contributed by atoms with Crippen molar-refractivity contribution in [1.29, 1.82) is 5.26 Å². The van der Waals surface area contributed by atoms with Crippen LogP contribution in [-0.2, 0) is 0 Å². The first kappa shape index (κ1) is 14.3. The van der Waals surface area contributed by atoms with Crippen LogP contribution in [0.25, 0.3) is 0 Å². The maximum absolute atomic E-state index is 11.0. The zero-order chi connectivity index (χ0) is 13.5. The molecule has 1 unspecified atom stereocenters. The standard InChI is InChI=1S/C12H15N3O2S/c1-9(18-2)6-7-14-11-5-3-4-10(8-13)12(11)15(16)17/h3-5,9,14H,6-7H2,1-2H3. The zero-order valence-corrected chi connectivity index (χ0v) is 11.2. The largest absolute Gasteiger partial charge is 0.379 e. The van der Waals surface area contributed by atoms with Crippen LogP contribution in [0.3, 0.4) is 0 Å². The van der Waals surface area contributed by atoms with Crippen molar-refractivity contribution in [1.82, 2.24) is 0 Å². The van der Waals surface area contributed by atoms with E-state index in [0.29, 0.717) is 17.5 Å². The smallest absolute Gasteiger partial charge is 0.309 e. The normalized spacial score (nSPS) is 11.6. The van der Waals surface area contributed by atoms with E-state index in [-0.39, 0.29) is 11.3 Å². The lowest BCUT2D eigenvalue weighted by atomic mass is 10.1. The maximum atomic E-state index is 11.0. The number of rotatable bonds is 6. The molecular formula is C12H15N3O2S. The molecule has 0 amide bonds. The summed E-state index contributed by atoms with van der Waals surface area (Å²) in [6.07, 6.45) is 2.94. The lowest BCUT2D eigenvalue weighted by molar-refractivity contribution is -0.384. The van der Waals surface area contributed by atoms with Gasteiger partial charge in [-0.3, -0.25) is 10.1 Å². The molecule has 5 nitrogen and oxygen atoms in total. The molecule has 1 atom stereocenters. The first-order valence-electron chi connectivity index (χ1n) is 5.54. The third kappa shape index (κ3) is 3.64. The van der Waals surface area contributed by atoms with Crippen molar-refractivity contribution in [3.8, 4) is 6.07 Å². The number of hydrogen-bond donors (Lipinski definition) is 1. The van der Waals surface area contributed by atoms with Gasteiger partial charge in [-0.2, -0.15) is 17.0 Å². The number of nitro benzene ring substituents is 1. The van der Waals surface area contributed by atoms with Crippen LogP contribution in [0, 0.1) is 21.4 Å². The van der Waals surface area contributed by atoms with Crippen LogP contribution < -0.4 is 5.32 Å². The molecular weight excluding hydrogens is 250 g/mol. The van der Waals surface area contributed by atoms with E-state index in [1.54, 1.807) is 23.9 Å². The Morgan fingerprint density at radius 1 is 1.61 bits per heavy atom. The van der Waals surface area contributed by atoms with Crippen molar-refractivity contribution in [2.24, 2.45) is 0 Å². The second-order valence-corrected chi connectivity index (χ2v) is 5.11. The van der Waals surface area contributed by atoms with Gasteiger partial charge < -0.3 is 5.32 Å². The van der Waals surface area contributed by atoms with Gasteiger partial charge in [-0.15, -0.1) is 0 Å². The van der Waals surface area contributed by atoms with E-state index in [4.69, 9.17) is 5.26 Å². The van der Waals surface area contributed by atoms with Gasteiger partial charge in [-0.05, 0) is 24.8 Å². The highest BCUT2D eigenvalue weighted by Crippen LogP contribution is 2.28. The fraction of sp³-hybridized carbons (Fsp3) is 0.417. The van der Waals surface area contributed by atoms with Gasteiger partial charge in [0.15, 0.2) is 0 Å². The third-order valence-electron chi connectivity index (χ3n) is 2.61. The second-order valence-electron chi connectivity index (χ2n) is 3.83. The molecule has 0 spiro atoms. The van der Waals surface area contributed by atoms with Crippen LogP contribution in [0.4, 0.5) is 11.4 Å². The number of nitrogens with zero attached hydrogens (tertiary/aromatic N) is 2. The highest BCUT2D eigenvalue weighted by Gasteiger charge is 2.19. The van der Waals surface area contributed by atoms with Crippen molar-refractivity contribution in [3.05, 3.63) is 33.9 Å². The molecule has 0 aliphatic rings. The first-order chi connectivity index (χ1) is 8.60. The Bertz CT molecular complexity index is 471. The number of benzene rings is 1. The summed E-state index contributed by atoms with van der Waals surface area (Å²) in [5, 5.41) is 23.3. The minimum Gasteiger partial charge on any atom is -0.379 e. The predicted molar refractivity (Wildman–Crippen MR) is 73.9 cm³/mol. The average molecular weight is 265 g/mol. The quantitative estimate of drug-likeness (QED) is 0.631. The maximum Gasteiger partial charge on any atom is 0.309 e. The van der Waals surface area contributed by atoms with Crippen molar-refractivity contribution in [2.45, 2.75) is 18.6 Å². The van der Waals surface area contributed by atoms with Crippen molar-refractivity contribution in [3.63, 3.8) is 0 Å². The van der Waals surface area contributed by atoms with Crippen LogP contribution in [0.2, 0.25) is 0 Å². The number of para-hydroxylation sites is 1. The monoisotopic (exact) mass is 265 g/mol. The van der Waals surface area contributed by atoms with Gasteiger partial charge in [0.2, 0.25) is 0 Å². The highest BCUT2D eigenvalue weighted by atomic mass is 32.2. The minimum atomic E-state index is -0.515. The molecule has 0 aliphatic carbocycles. The Hall–Kier alpha value is -1.74. The molecule has 1 aromatic carbocycles. The minimum absolute atomic E-state index is 0.0860. The van der Waals surface area contributed by atoms with E-state index in [0.717, 1.165) is 6.42 Å². The molecule has 18 heavy (non-hydrogen) atoms. The number of thioether (sulfide) groups is 1. The zero-order valence-electron chi connectivity index (χ0n) is 10.3. The van der Waals surface area contributed by atoms with Gasteiger partial charge in [0, 0.05) is 11.8 Å². The third-order valence-corrected chi connectivity index (χ3v) is 3.65. The Balaban J connectivity index is 2.83. The fourth-order valence-corrected chi connectivity index (χ4v) is 1.85. The lowest BCUT2D eigenvalue weighted by Gasteiger charge is -2.10. The summed E-state index contributed by atoms with van der Waals surface area (Å²) in [6.45, 7) is 2.75. The molecule has 0 radical (unpaired) electrons. The molecule has 0 aromatic heterocycles. The molecule has 0 bridgehead atoms. The topological polar surface area (TPSA) is 79.0 Å². The SMILES string of the molecule is CSC(C)CCNc1cccc(C#N)c1[N+](=O)[O-]. The molecule has 1 aromatic rings. The molecule has 1 N–H and O–H groups in total. The Morgan fingerprint density at radius 3 is 2.89 bits per heavy atom. The molecule has 0 fully saturated rings. The Labute approximate surface area is 110 Å². The highest BCUT2D eigenvalue weighted by molar-refractivity contribution is 7.99. The van der Waals surface area contributed by atoms with Gasteiger partial charge in [0.1, 0.15) is 17.3 Å². The molecule has 1 rings (SSSR count). The summed E-state index contributed by atoms with van der Waals surface area (Å²) in [5.41, 5.74) is 0.354. The van der Waals surface area contributed by atoms with Gasteiger partial charge in [-0.25, -0.2) is 0 Å². The number of nitro groups is 1. The second kappa shape index (κ2) is 6.87. The van der Waals surface area contributed by atoms with Gasteiger partial charge in [0.05, 0.1) is 4.92 Å². The summed E-state index contributed by atoms with van der Waals surface area (Å²) in [6, 6.07) is 6.57. The number of nitrogens with one attached hydrogen (secondary N) is 1. The van der Waals surface area contributed by atoms with E-state index in [1.807, 2.05) is 12.3 Å². The van der Waals surface area contributed by atoms with Crippen molar-refractivity contribution in [2.75, 3.05) is 18.1 Å². The number of nitriles is 1. The van der Waals surface area contributed by atoms with Crippen LogP contribution in [-0.4, -0.2) is 23.0 Å². The average Bonchev–Trinajstić information content (AvgIpc) is 2.37. The molecule has 0 saturated heterocycles. The summed E-state index contributed by atoms with van der Waals surface area (Å²) in [4.78, 5) is 10.5. The molecule has 6 heteroatoms. The van der Waals surface area contributed by atoms with Gasteiger partial charge in [-0.1, -0.05) is 13.0 Å². The molecule has 96 valence electrons. The fourth-order valence-electron chi connectivity index (χ4n) is 1.50.